The van der Waals surface area contributed by atoms with Gasteiger partial charge in [0.1, 0.15) is 0 Å². The van der Waals surface area contributed by atoms with Crippen molar-refractivity contribution in [1.29, 1.82) is 0 Å². The van der Waals surface area contributed by atoms with E-state index < -0.39 is 62.4 Å². The molecule has 12 heteroatoms. The van der Waals surface area contributed by atoms with E-state index in [0.717, 1.165) is 17.2 Å². The van der Waals surface area contributed by atoms with E-state index in [-0.39, 0.29) is 16.4 Å². The Kier molecular flexibility index (Phi) is 9.92. The first-order valence-corrected chi connectivity index (χ1v) is 23.5. The minimum atomic E-state index is -5.42. The number of benzene rings is 1. The molecule has 10 nitrogen and oxygen atoms in total. The summed E-state index contributed by atoms with van der Waals surface area (Å²) in [6.07, 6.45) is 6.15. The minimum absolute atomic E-state index is 0.112. The molecule has 222 valence electrons. The van der Waals surface area contributed by atoms with Gasteiger partial charge in [0.15, 0.2) is 0 Å². The summed E-state index contributed by atoms with van der Waals surface area (Å²) in [4.78, 5) is 42.0. The number of ether oxygens (including phenoxy) is 1. The summed E-state index contributed by atoms with van der Waals surface area (Å²) in [7, 11) is 4.75. The van der Waals surface area contributed by atoms with Crippen molar-refractivity contribution in [2.45, 2.75) is 30.5 Å². The predicted octanol–water partition coefficient (Wildman–Crippen LogP) is 3.42. The molecule has 0 spiro atoms. The van der Waals surface area contributed by atoms with E-state index in [1.807, 2.05) is 24.3 Å². The standard InChI is InChI=1S/C28H39I2N3O7/c1-17(2)32-15-18-7-10-22(40-6)21(13-18)19-8-9-20(34)14-23(35)29(12-11-19)16-30(3,39)26(33(4)5)25(36)24(27(30)37)28(31)38/h7-11,13-14,17,26,32,34,36,39H,12,15-16H2,1-6H3,(H2,31,38)/b9-8?,19-11?,20-14-. The van der Waals surface area contributed by atoms with Gasteiger partial charge in [-0.1, -0.05) is 0 Å². The van der Waals surface area contributed by atoms with Crippen molar-refractivity contribution in [1.82, 2.24) is 10.2 Å². The van der Waals surface area contributed by atoms with Gasteiger partial charge in [-0.3, -0.25) is 0 Å². The third kappa shape index (κ3) is 6.45. The Labute approximate surface area is 243 Å². The molecule has 0 aliphatic carbocycles. The molecule has 1 atom stereocenters. The second-order valence-electron chi connectivity index (χ2n) is 10.4. The second kappa shape index (κ2) is 12.3. The Morgan fingerprint density at radius 3 is 2.50 bits per heavy atom. The maximum absolute atomic E-state index is 13.6. The maximum atomic E-state index is 13.6. The molecule has 2 aliphatic rings. The molecule has 0 saturated heterocycles. The van der Waals surface area contributed by atoms with Gasteiger partial charge < -0.3 is 0 Å². The number of nitrogens with zero attached hydrogens (tertiary/aromatic N) is 1. The summed E-state index contributed by atoms with van der Waals surface area (Å²) >= 11 is -8.38. The molecular formula is C28H39I2N3O7. The fourth-order valence-corrected chi connectivity index (χ4v) is 36.3. The number of hydrogen-bond donors (Lipinski definition) is 5. The molecular weight excluding hydrogens is 744 g/mol. The molecule has 0 fully saturated rings. The van der Waals surface area contributed by atoms with Gasteiger partial charge in [0.05, 0.1) is 0 Å². The van der Waals surface area contributed by atoms with Crippen LogP contribution in [-0.4, -0.2) is 75.1 Å². The molecule has 0 bridgehead atoms. The Balaban J connectivity index is 2.08. The number of carbonyl (C=O) groups is 3. The van der Waals surface area contributed by atoms with Crippen molar-refractivity contribution < 1.29 is 32.8 Å². The Morgan fingerprint density at radius 2 is 1.93 bits per heavy atom. The van der Waals surface area contributed by atoms with E-state index in [1.165, 1.54) is 15.9 Å². The van der Waals surface area contributed by atoms with Crippen LogP contribution in [0.5, 0.6) is 5.75 Å². The van der Waals surface area contributed by atoms with Crippen molar-refractivity contribution in [3.63, 3.8) is 0 Å². The predicted molar refractivity (Wildman–Crippen MR) is 175 cm³/mol. The SMILES string of the molecule is COc1ccc(CNC(C)C)cc1C1=CCI(CI2(C)(O)C(=O)C(C(N)=O)=C(O)C2N(C)C)C(=O)/C=C(\O)C=C1. The topological polar surface area (TPSA) is 162 Å². The number of hydrogen-bond acceptors (Lipinski definition) is 9. The quantitative estimate of drug-likeness (QED) is 0.0832. The summed E-state index contributed by atoms with van der Waals surface area (Å²) < 4.78 is 15.7. The van der Waals surface area contributed by atoms with Crippen LogP contribution in [0.2, 0.25) is 0 Å². The number of carbonyl (C=O) groups excluding carboxylic acids is 3. The Bertz CT molecular complexity index is 1350. The number of alkyl halides is 5. The third-order valence-electron chi connectivity index (χ3n) is 6.50. The summed E-state index contributed by atoms with van der Waals surface area (Å²) in [5.74, 6) is -1.28. The van der Waals surface area contributed by atoms with Crippen LogP contribution in [0.3, 0.4) is 0 Å². The van der Waals surface area contributed by atoms with Gasteiger partial charge in [-0.2, -0.15) is 0 Å². The van der Waals surface area contributed by atoms with E-state index in [1.54, 1.807) is 27.3 Å². The first-order chi connectivity index (χ1) is 18.6. The number of halogens is 2. The number of allylic oxidation sites excluding steroid dienone is 5. The molecule has 1 aromatic rings. The van der Waals surface area contributed by atoms with Crippen molar-refractivity contribution >= 4 is 56.3 Å². The Morgan fingerprint density at radius 1 is 1.25 bits per heavy atom. The molecule has 0 saturated carbocycles. The first-order valence-electron chi connectivity index (χ1n) is 12.4. The number of likely N-dealkylation sites (N-methyl/N-ethyl adjacent to an activating group) is 1. The number of nitrogens with one attached hydrogen (secondary N) is 1. The molecule has 1 unspecified atom stereocenters. The summed E-state index contributed by atoms with van der Waals surface area (Å²) in [6.45, 7) is 4.75. The fourth-order valence-electron chi connectivity index (χ4n) is 4.68. The zero-order valence-corrected chi connectivity index (χ0v) is 27.9. The molecule has 6 N–H and O–H groups in total. The van der Waals surface area contributed by atoms with Crippen molar-refractivity contribution in [2.24, 2.45) is 5.73 Å². The summed E-state index contributed by atoms with van der Waals surface area (Å²) in [6, 6.07) is 6.10. The van der Waals surface area contributed by atoms with Crippen LogP contribution in [-0.2, 0) is 20.9 Å². The zero-order valence-electron chi connectivity index (χ0n) is 23.6. The first kappa shape index (κ1) is 32.2. The molecule has 1 amide bonds. The van der Waals surface area contributed by atoms with E-state index in [0.29, 0.717) is 23.9 Å². The number of nitrogens with two attached hydrogens (primary N) is 1. The van der Waals surface area contributed by atoms with Crippen LogP contribution >= 0.6 is 37.3 Å². The van der Waals surface area contributed by atoms with Crippen molar-refractivity contribution in [3.8, 4) is 5.75 Å². The van der Waals surface area contributed by atoms with E-state index >= 15 is 0 Å². The summed E-state index contributed by atoms with van der Waals surface area (Å²) in [5, 5.41) is 24.8. The average Bonchev–Trinajstić information content (AvgIpc) is 3.05. The molecule has 1 aromatic carbocycles. The van der Waals surface area contributed by atoms with Crippen LogP contribution in [0, 0.1) is 0 Å². The zero-order chi connectivity index (χ0) is 30.0. The molecule has 40 heavy (non-hydrogen) atoms. The Hall–Kier alpha value is -2.27. The van der Waals surface area contributed by atoms with E-state index in [4.69, 9.17) is 10.5 Å². The number of methoxy groups -OCH3 is 1. The number of amides is 1. The van der Waals surface area contributed by atoms with E-state index in [9.17, 15) is 28.0 Å². The normalized spacial score (nSPS) is 24.1. The number of primary amides is 1. The molecule has 0 radical (unpaired) electrons. The van der Waals surface area contributed by atoms with Crippen LogP contribution in [0.25, 0.3) is 5.57 Å². The van der Waals surface area contributed by atoms with Crippen LogP contribution in [0.15, 0.2) is 59.6 Å². The number of aliphatic hydroxyl groups is 2. The average molecular weight is 783 g/mol. The van der Waals surface area contributed by atoms with Crippen LogP contribution < -0.4 is 15.8 Å². The van der Waals surface area contributed by atoms with Crippen LogP contribution in [0.1, 0.15) is 25.0 Å². The third-order valence-corrected chi connectivity index (χ3v) is 34.5. The fraction of sp³-hybridized carbons (Fsp3) is 0.393. The summed E-state index contributed by atoms with van der Waals surface area (Å²) in [5.41, 5.74) is 7.33. The monoisotopic (exact) mass is 783 g/mol. The molecule has 3 rings (SSSR count). The van der Waals surface area contributed by atoms with Gasteiger partial charge in [0.25, 0.3) is 0 Å². The van der Waals surface area contributed by atoms with Gasteiger partial charge in [0, 0.05) is 0 Å². The van der Waals surface area contributed by atoms with Gasteiger partial charge in [-0.25, -0.2) is 0 Å². The van der Waals surface area contributed by atoms with Gasteiger partial charge in [-0.15, -0.1) is 0 Å². The van der Waals surface area contributed by atoms with E-state index in [2.05, 4.69) is 19.2 Å². The number of aliphatic hydroxyl groups excluding tert-OH is 2. The van der Waals surface area contributed by atoms with Crippen molar-refractivity contribution in [2.75, 3.05) is 33.0 Å². The van der Waals surface area contributed by atoms with Crippen molar-refractivity contribution in [3.05, 3.63) is 70.7 Å². The molecule has 2 aliphatic heterocycles. The van der Waals surface area contributed by atoms with Crippen LogP contribution in [0.4, 0.5) is 0 Å². The molecule has 2 heterocycles. The van der Waals surface area contributed by atoms with Gasteiger partial charge in [0.2, 0.25) is 0 Å². The molecule has 0 aromatic heterocycles. The second-order valence-corrected chi connectivity index (χ2v) is 30.3. The van der Waals surface area contributed by atoms with Gasteiger partial charge in [-0.05, 0) is 0 Å². The number of rotatable bonds is 9. The van der Waals surface area contributed by atoms with Gasteiger partial charge >= 0.3 is 245 Å².